The van der Waals surface area contributed by atoms with Crippen molar-refractivity contribution in [3.63, 3.8) is 0 Å². The Kier molecular flexibility index (Phi) is 8.21. The molecule has 7 heteroatoms. The van der Waals surface area contributed by atoms with Gasteiger partial charge in [-0.1, -0.05) is 43.7 Å². The van der Waals surface area contributed by atoms with E-state index in [-0.39, 0.29) is 23.5 Å². The zero-order valence-corrected chi connectivity index (χ0v) is 20.2. The number of piperidine rings is 1. The molecule has 2 amide bonds. The number of nitrogens with one attached hydrogen (secondary N) is 3. The number of amidine groups is 1. The number of carbonyl (C=O) groups excluding carboxylic acids is 2. The van der Waals surface area contributed by atoms with E-state index in [9.17, 15) is 14.0 Å². The van der Waals surface area contributed by atoms with Gasteiger partial charge in [0.05, 0.1) is 0 Å². The minimum absolute atomic E-state index is 0.114. The van der Waals surface area contributed by atoms with Crippen LogP contribution in [0.25, 0.3) is 0 Å². The summed E-state index contributed by atoms with van der Waals surface area (Å²) in [4.78, 5) is 28.3. The molecule has 0 aromatic heterocycles. The number of allylic oxidation sites excluding steroid dienone is 1. The van der Waals surface area contributed by atoms with Crippen molar-refractivity contribution in [3.8, 4) is 0 Å². The van der Waals surface area contributed by atoms with E-state index in [0.717, 1.165) is 17.7 Å². The molecule has 0 saturated carbocycles. The van der Waals surface area contributed by atoms with E-state index in [2.05, 4.69) is 10.6 Å². The van der Waals surface area contributed by atoms with Gasteiger partial charge in [-0.2, -0.15) is 0 Å². The van der Waals surface area contributed by atoms with E-state index in [1.165, 1.54) is 17.0 Å². The van der Waals surface area contributed by atoms with E-state index in [1.807, 2.05) is 33.8 Å². The molecule has 2 atom stereocenters. The topological polar surface area (TPSA) is 85.3 Å². The highest BCUT2D eigenvalue weighted by atomic mass is 19.1. The maximum atomic E-state index is 13.7. The van der Waals surface area contributed by atoms with Gasteiger partial charge in [0.15, 0.2) is 0 Å². The van der Waals surface area contributed by atoms with Gasteiger partial charge in [0, 0.05) is 35.8 Å². The van der Waals surface area contributed by atoms with Crippen LogP contribution in [0.3, 0.4) is 0 Å². The summed E-state index contributed by atoms with van der Waals surface area (Å²) in [5.74, 6) is -1.61. The van der Waals surface area contributed by atoms with Crippen molar-refractivity contribution in [2.75, 3.05) is 13.1 Å². The second-order valence-corrected chi connectivity index (χ2v) is 8.65. The SMILES string of the molecule is CCCN/C(C)=C1\C(=N)N(CCC)C(=O)C(NC(=O)c2cccc(C)c2)C1c1ccc(F)cc1. The summed E-state index contributed by atoms with van der Waals surface area (Å²) in [6, 6.07) is 12.2. The van der Waals surface area contributed by atoms with Gasteiger partial charge in [0.25, 0.3) is 11.8 Å². The number of amides is 2. The number of aryl methyl sites for hydroxylation is 1. The summed E-state index contributed by atoms with van der Waals surface area (Å²) in [7, 11) is 0. The Morgan fingerprint density at radius 1 is 1.12 bits per heavy atom. The second-order valence-electron chi connectivity index (χ2n) is 8.65. The van der Waals surface area contributed by atoms with Gasteiger partial charge in [-0.3, -0.25) is 19.9 Å². The zero-order valence-electron chi connectivity index (χ0n) is 20.2. The first-order valence-electron chi connectivity index (χ1n) is 11.8. The lowest BCUT2D eigenvalue weighted by molar-refractivity contribution is -0.130. The van der Waals surface area contributed by atoms with Crippen LogP contribution in [0.2, 0.25) is 0 Å². The molecule has 0 spiro atoms. The Morgan fingerprint density at radius 3 is 2.44 bits per heavy atom. The monoisotopic (exact) mass is 464 g/mol. The number of hydrogen-bond acceptors (Lipinski definition) is 4. The van der Waals surface area contributed by atoms with Crippen LogP contribution in [0, 0.1) is 18.2 Å². The molecule has 1 aliphatic heterocycles. The Balaban J connectivity index is 2.14. The van der Waals surface area contributed by atoms with Crippen LogP contribution < -0.4 is 10.6 Å². The molecule has 1 saturated heterocycles. The molecule has 2 unspecified atom stereocenters. The molecule has 2 aromatic carbocycles. The Labute approximate surface area is 200 Å². The minimum Gasteiger partial charge on any atom is -0.388 e. The molecule has 3 N–H and O–H groups in total. The van der Waals surface area contributed by atoms with E-state index < -0.39 is 12.0 Å². The van der Waals surface area contributed by atoms with E-state index in [4.69, 9.17) is 5.41 Å². The fraction of sp³-hybridized carbons (Fsp3) is 0.370. The number of hydrogen-bond donors (Lipinski definition) is 3. The lowest BCUT2D eigenvalue weighted by atomic mass is 9.78. The lowest BCUT2D eigenvalue weighted by Crippen LogP contribution is -2.59. The van der Waals surface area contributed by atoms with Gasteiger partial charge in [0.1, 0.15) is 17.7 Å². The molecule has 2 aromatic rings. The average Bonchev–Trinajstić information content (AvgIpc) is 2.82. The third-order valence-electron chi connectivity index (χ3n) is 5.99. The van der Waals surface area contributed by atoms with E-state index >= 15 is 0 Å². The number of likely N-dealkylation sites (tertiary alicyclic amines) is 1. The van der Waals surface area contributed by atoms with Crippen molar-refractivity contribution in [1.82, 2.24) is 15.5 Å². The molecule has 0 bridgehead atoms. The molecular weight excluding hydrogens is 431 g/mol. The smallest absolute Gasteiger partial charge is 0.251 e. The highest BCUT2D eigenvalue weighted by Gasteiger charge is 2.45. The molecule has 1 fully saturated rings. The Bertz CT molecular complexity index is 1090. The number of nitrogens with zero attached hydrogens (tertiary/aromatic N) is 1. The summed E-state index contributed by atoms with van der Waals surface area (Å²) in [6.45, 7) is 8.86. The van der Waals surface area contributed by atoms with Crippen molar-refractivity contribution in [3.05, 3.63) is 82.3 Å². The number of rotatable bonds is 8. The van der Waals surface area contributed by atoms with Crippen LogP contribution in [0.15, 0.2) is 59.8 Å². The molecule has 0 radical (unpaired) electrons. The van der Waals surface area contributed by atoms with Crippen LogP contribution in [0.4, 0.5) is 4.39 Å². The number of carbonyl (C=O) groups is 2. The maximum Gasteiger partial charge on any atom is 0.251 e. The molecule has 1 heterocycles. The largest absolute Gasteiger partial charge is 0.388 e. The highest BCUT2D eigenvalue weighted by molar-refractivity contribution is 6.13. The second kappa shape index (κ2) is 11.1. The van der Waals surface area contributed by atoms with Crippen molar-refractivity contribution in [2.45, 2.75) is 52.5 Å². The van der Waals surface area contributed by atoms with Crippen molar-refractivity contribution < 1.29 is 14.0 Å². The summed E-state index contributed by atoms with van der Waals surface area (Å²) < 4.78 is 13.7. The fourth-order valence-corrected chi connectivity index (χ4v) is 4.33. The van der Waals surface area contributed by atoms with E-state index in [0.29, 0.717) is 36.2 Å². The van der Waals surface area contributed by atoms with Crippen LogP contribution >= 0.6 is 0 Å². The molecule has 6 nitrogen and oxygen atoms in total. The van der Waals surface area contributed by atoms with Crippen LogP contribution in [-0.2, 0) is 4.79 Å². The summed E-state index contributed by atoms with van der Waals surface area (Å²) in [5, 5.41) is 15.2. The molecular formula is C27H33FN4O2. The number of halogens is 1. The summed E-state index contributed by atoms with van der Waals surface area (Å²) >= 11 is 0. The van der Waals surface area contributed by atoms with Crippen molar-refractivity contribution >= 4 is 17.6 Å². The van der Waals surface area contributed by atoms with Gasteiger partial charge < -0.3 is 10.6 Å². The Hall–Kier alpha value is -3.48. The van der Waals surface area contributed by atoms with Gasteiger partial charge in [-0.15, -0.1) is 0 Å². The number of benzene rings is 2. The van der Waals surface area contributed by atoms with Gasteiger partial charge >= 0.3 is 0 Å². The third kappa shape index (κ3) is 5.35. The zero-order chi connectivity index (χ0) is 24.8. The van der Waals surface area contributed by atoms with Gasteiger partial charge in [-0.05, 0) is 56.5 Å². The first-order valence-corrected chi connectivity index (χ1v) is 11.8. The molecule has 3 rings (SSSR count). The predicted octanol–water partition coefficient (Wildman–Crippen LogP) is 4.52. The maximum absolute atomic E-state index is 13.7. The quantitative estimate of drug-likeness (QED) is 0.537. The molecule has 1 aliphatic rings. The standard InChI is InChI=1S/C27H33FN4O2/c1-5-14-30-18(4)22-23(19-10-12-21(28)13-11-19)24(27(34)32(15-6-2)25(22)29)31-26(33)20-9-7-8-17(3)16-20/h7-13,16,23-24,29-30H,5-6,14-15H2,1-4H3,(H,31,33)/b22-18-,29-25?. The van der Waals surface area contributed by atoms with Crippen LogP contribution in [0.5, 0.6) is 0 Å². The van der Waals surface area contributed by atoms with Crippen LogP contribution in [0.1, 0.15) is 61.0 Å². The molecule has 180 valence electrons. The molecule has 34 heavy (non-hydrogen) atoms. The fourth-order valence-electron chi connectivity index (χ4n) is 4.33. The van der Waals surface area contributed by atoms with Crippen LogP contribution in [-0.4, -0.2) is 41.7 Å². The average molecular weight is 465 g/mol. The van der Waals surface area contributed by atoms with Gasteiger partial charge in [0.2, 0.25) is 0 Å². The lowest BCUT2D eigenvalue weighted by Gasteiger charge is -2.41. The first-order chi connectivity index (χ1) is 16.3. The summed E-state index contributed by atoms with van der Waals surface area (Å²) in [5.41, 5.74) is 3.46. The van der Waals surface area contributed by atoms with Crippen molar-refractivity contribution in [2.24, 2.45) is 0 Å². The van der Waals surface area contributed by atoms with E-state index in [1.54, 1.807) is 30.3 Å². The minimum atomic E-state index is -0.938. The highest BCUT2D eigenvalue weighted by Crippen LogP contribution is 2.36. The predicted molar refractivity (Wildman–Crippen MR) is 132 cm³/mol. The first kappa shape index (κ1) is 25.1. The van der Waals surface area contributed by atoms with Gasteiger partial charge in [-0.25, -0.2) is 4.39 Å². The normalized spacial score (nSPS) is 19.7. The molecule has 0 aliphatic carbocycles. The Morgan fingerprint density at radius 2 is 1.82 bits per heavy atom. The third-order valence-corrected chi connectivity index (χ3v) is 5.99. The van der Waals surface area contributed by atoms with Crippen molar-refractivity contribution in [1.29, 1.82) is 5.41 Å². The summed E-state index contributed by atoms with van der Waals surface area (Å²) in [6.07, 6.45) is 1.56.